The SMILES string of the molecule is Cc1ccc2c(c1)N(CC(N)=O)C(=O)C(N(C(N)=O)c1cccc(-c3nnn[nH]3)c1)CC2c1ccccc1. The van der Waals surface area contributed by atoms with Crippen molar-refractivity contribution in [3.8, 4) is 11.4 Å². The molecule has 11 heteroatoms. The molecule has 0 aliphatic carbocycles. The van der Waals surface area contributed by atoms with Gasteiger partial charge in [-0.3, -0.25) is 14.5 Å². The van der Waals surface area contributed by atoms with Crippen LogP contribution in [-0.4, -0.2) is 51.1 Å². The van der Waals surface area contributed by atoms with E-state index in [2.05, 4.69) is 20.6 Å². The third-order valence-electron chi connectivity index (χ3n) is 6.67. The molecule has 5 N–H and O–H groups in total. The number of H-pyrrole nitrogens is 1. The number of aryl methyl sites for hydroxylation is 1. The van der Waals surface area contributed by atoms with E-state index >= 15 is 0 Å². The second-order valence-electron chi connectivity index (χ2n) is 9.18. The van der Waals surface area contributed by atoms with Crippen molar-refractivity contribution in [2.24, 2.45) is 11.5 Å². The third-order valence-corrected chi connectivity index (χ3v) is 6.67. The Kier molecular flexibility index (Phi) is 6.56. The van der Waals surface area contributed by atoms with Crippen molar-refractivity contribution >= 4 is 29.2 Å². The van der Waals surface area contributed by atoms with Gasteiger partial charge in [0.25, 0.3) is 5.91 Å². The maximum Gasteiger partial charge on any atom is 0.320 e. The number of hydrogen-bond donors (Lipinski definition) is 3. The Bertz CT molecular complexity index is 1490. The van der Waals surface area contributed by atoms with E-state index < -0.39 is 23.9 Å². The van der Waals surface area contributed by atoms with Crippen LogP contribution in [-0.2, 0) is 9.59 Å². The molecule has 0 saturated carbocycles. The zero-order valence-electron chi connectivity index (χ0n) is 20.6. The number of aromatic amines is 1. The maximum absolute atomic E-state index is 14.2. The Morgan fingerprint density at radius 1 is 1.05 bits per heavy atom. The predicted molar refractivity (Wildman–Crippen MR) is 141 cm³/mol. The summed E-state index contributed by atoms with van der Waals surface area (Å²) >= 11 is 0. The summed E-state index contributed by atoms with van der Waals surface area (Å²) in [6, 6.07) is 20.5. The highest BCUT2D eigenvalue weighted by Crippen LogP contribution is 2.41. The van der Waals surface area contributed by atoms with Crippen LogP contribution in [0.1, 0.15) is 29.0 Å². The third kappa shape index (κ3) is 4.69. The molecule has 2 heterocycles. The number of primary amides is 2. The number of rotatable bonds is 6. The van der Waals surface area contributed by atoms with Crippen molar-refractivity contribution in [3.63, 3.8) is 0 Å². The van der Waals surface area contributed by atoms with Crippen LogP contribution in [0, 0.1) is 6.92 Å². The number of benzene rings is 3. The van der Waals surface area contributed by atoms with Crippen molar-refractivity contribution in [2.75, 3.05) is 16.3 Å². The highest BCUT2D eigenvalue weighted by atomic mass is 16.2. The second-order valence-corrected chi connectivity index (χ2v) is 9.18. The number of hydrogen-bond acceptors (Lipinski definition) is 6. The van der Waals surface area contributed by atoms with Crippen LogP contribution in [0.25, 0.3) is 11.4 Å². The van der Waals surface area contributed by atoms with Gasteiger partial charge in [0.05, 0.1) is 0 Å². The first-order valence-electron chi connectivity index (χ1n) is 12.0. The van der Waals surface area contributed by atoms with Gasteiger partial charge in [0.2, 0.25) is 5.91 Å². The van der Waals surface area contributed by atoms with Gasteiger partial charge in [-0.1, -0.05) is 54.6 Å². The summed E-state index contributed by atoms with van der Waals surface area (Å²) in [6.45, 7) is 1.57. The highest BCUT2D eigenvalue weighted by Gasteiger charge is 2.41. The number of nitrogens with one attached hydrogen (secondary N) is 1. The predicted octanol–water partition coefficient (Wildman–Crippen LogP) is 2.48. The molecular formula is C27H26N8O3. The average molecular weight is 511 g/mol. The van der Waals surface area contributed by atoms with Gasteiger partial charge < -0.3 is 16.4 Å². The van der Waals surface area contributed by atoms with Crippen molar-refractivity contribution < 1.29 is 14.4 Å². The summed E-state index contributed by atoms with van der Waals surface area (Å²) in [6.07, 6.45) is 0.227. The molecular weight excluding hydrogens is 484 g/mol. The lowest BCUT2D eigenvalue weighted by atomic mass is 9.85. The highest BCUT2D eigenvalue weighted by molar-refractivity contribution is 6.08. The molecule has 2 unspecified atom stereocenters. The Morgan fingerprint density at radius 2 is 1.84 bits per heavy atom. The smallest absolute Gasteiger partial charge is 0.320 e. The number of nitrogens with two attached hydrogens (primary N) is 2. The van der Waals surface area contributed by atoms with E-state index in [1.54, 1.807) is 24.3 Å². The monoisotopic (exact) mass is 510 g/mol. The number of aromatic nitrogens is 4. The number of carbonyl (C=O) groups excluding carboxylic acids is 3. The standard InChI is InChI=1S/C27H26N8O3/c1-16-10-11-20-21(17-6-3-2-4-7-17)14-23(26(37)34(15-24(28)36)22(20)12-16)35(27(29)38)19-9-5-8-18(13-19)25-30-32-33-31-25/h2-13,21,23H,14-15H2,1H3,(H2,28,36)(H2,29,38)(H,30,31,32,33). The minimum atomic E-state index is -1.03. The van der Waals surface area contributed by atoms with Crippen LogP contribution in [0.3, 0.4) is 0 Å². The zero-order valence-corrected chi connectivity index (χ0v) is 20.6. The molecule has 1 aliphatic rings. The first-order valence-corrected chi connectivity index (χ1v) is 12.0. The van der Waals surface area contributed by atoms with E-state index in [9.17, 15) is 14.4 Å². The molecule has 0 fully saturated rings. The molecule has 3 aromatic carbocycles. The molecule has 4 aromatic rings. The summed E-state index contributed by atoms with van der Waals surface area (Å²) in [7, 11) is 0. The van der Waals surface area contributed by atoms with Gasteiger partial charge in [0.1, 0.15) is 12.6 Å². The van der Waals surface area contributed by atoms with Crippen LogP contribution in [0.15, 0.2) is 72.8 Å². The number of urea groups is 1. The number of carbonyl (C=O) groups is 3. The lowest BCUT2D eigenvalue weighted by Crippen LogP contribution is -2.54. The van der Waals surface area contributed by atoms with Crippen molar-refractivity contribution in [2.45, 2.75) is 25.3 Å². The quantitative estimate of drug-likeness (QED) is 0.361. The molecule has 0 saturated heterocycles. The number of nitrogens with zero attached hydrogens (tertiary/aromatic N) is 5. The molecule has 38 heavy (non-hydrogen) atoms. The number of fused-ring (bicyclic) bond motifs is 1. The van der Waals surface area contributed by atoms with E-state index in [1.165, 1.54) is 9.80 Å². The Hall–Kier alpha value is -5.06. The maximum atomic E-state index is 14.2. The van der Waals surface area contributed by atoms with Gasteiger partial charge in [-0.05, 0) is 58.7 Å². The van der Waals surface area contributed by atoms with Gasteiger partial charge in [-0.2, -0.15) is 0 Å². The first kappa shape index (κ1) is 24.6. The fourth-order valence-corrected chi connectivity index (χ4v) is 5.01. The molecule has 2 atom stereocenters. The van der Waals surface area contributed by atoms with E-state index in [0.29, 0.717) is 22.8 Å². The van der Waals surface area contributed by atoms with E-state index in [1.807, 2.05) is 55.5 Å². The summed E-state index contributed by atoms with van der Waals surface area (Å²) in [5.41, 5.74) is 15.8. The zero-order chi connectivity index (χ0) is 26.8. The summed E-state index contributed by atoms with van der Waals surface area (Å²) in [5.74, 6) is -1.02. The van der Waals surface area contributed by atoms with Gasteiger partial charge in [-0.25, -0.2) is 9.89 Å². The molecule has 11 nitrogen and oxygen atoms in total. The molecule has 0 radical (unpaired) electrons. The van der Waals surface area contributed by atoms with Crippen molar-refractivity contribution in [1.82, 2.24) is 20.6 Å². The van der Waals surface area contributed by atoms with Crippen molar-refractivity contribution in [3.05, 3.63) is 89.5 Å². The van der Waals surface area contributed by atoms with E-state index in [0.717, 1.165) is 16.7 Å². The fourth-order valence-electron chi connectivity index (χ4n) is 5.01. The van der Waals surface area contributed by atoms with Crippen LogP contribution >= 0.6 is 0 Å². The number of tetrazole rings is 1. The molecule has 192 valence electrons. The summed E-state index contributed by atoms with van der Waals surface area (Å²) in [5, 5.41) is 13.8. The molecule has 0 bridgehead atoms. The van der Waals surface area contributed by atoms with Gasteiger partial charge in [-0.15, -0.1) is 5.10 Å². The molecule has 0 spiro atoms. The van der Waals surface area contributed by atoms with Crippen LogP contribution in [0.2, 0.25) is 0 Å². The normalized spacial score (nSPS) is 17.0. The molecule has 4 amide bonds. The lowest BCUT2D eigenvalue weighted by Gasteiger charge is -2.32. The molecule has 1 aromatic heterocycles. The van der Waals surface area contributed by atoms with Gasteiger partial charge in [0, 0.05) is 22.9 Å². The minimum Gasteiger partial charge on any atom is -0.368 e. The minimum absolute atomic E-state index is 0.227. The largest absolute Gasteiger partial charge is 0.368 e. The molecule has 5 rings (SSSR count). The number of amides is 4. The van der Waals surface area contributed by atoms with Gasteiger partial charge >= 0.3 is 6.03 Å². The number of anilines is 2. The first-order chi connectivity index (χ1) is 18.3. The van der Waals surface area contributed by atoms with Crippen molar-refractivity contribution in [1.29, 1.82) is 0 Å². The Balaban J connectivity index is 1.68. The van der Waals surface area contributed by atoms with Crippen LogP contribution in [0.4, 0.5) is 16.2 Å². The summed E-state index contributed by atoms with van der Waals surface area (Å²) < 4.78 is 0. The Morgan fingerprint density at radius 3 is 2.53 bits per heavy atom. The molecule has 1 aliphatic heterocycles. The summed E-state index contributed by atoms with van der Waals surface area (Å²) in [4.78, 5) is 41.9. The van der Waals surface area contributed by atoms with Crippen LogP contribution in [0.5, 0.6) is 0 Å². The van der Waals surface area contributed by atoms with E-state index in [4.69, 9.17) is 11.5 Å². The Labute approximate surface area is 218 Å². The average Bonchev–Trinajstić information content (AvgIpc) is 3.42. The van der Waals surface area contributed by atoms with Crippen LogP contribution < -0.4 is 21.3 Å². The van der Waals surface area contributed by atoms with Gasteiger partial charge in [0.15, 0.2) is 5.82 Å². The topological polar surface area (TPSA) is 164 Å². The lowest BCUT2D eigenvalue weighted by molar-refractivity contribution is -0.123. The fraction of sp³-hybridized carbons (Fsp3) is 0.185. The van der Waals surface area contributed by atoms with E-state index in [-0.39, 0.29) is 18.9 Å². The second kappa shape index (κ2) is 10.1.